The molecule has 0 saturated carbocycles. The summed E-state index contributed by atoms with van der Waals surface area (Å²) in [4.78, 5) is 12.3. The van der Waals surface area contributed by atoms with Gasteiger partial charge in [0, 0.05) is 31.2 Å². The van der Waals surface area contributed by atoms with Crippen LogP contribution in [0.1, 0.15) is 36.6 Å². The Bertz CT molecular complexity index is 378. The topological polar surface area (TPSA) is 40.5 Å². The van der Waals surface area contributed by atoms with Crippen LogP contribution in [0.2, 0.25) is 0 Å². The molecule has 0 spiro atoms. The normalized spacial score (nSPS) is 11.1. The third-order valence-corrected chi connectivity index (χ3v) is 3.49. The van der Waals surface area contributed by atoms with Gasteiger partial charge in [-0.2, -0.15) is 0 Å². The average Bonchev–Trinajstić information content (AvgIpc) is 2.77. The minimum absolute atomic E-state index is 0. The maximum Gasteiger partial charge on any atom is 0.194 e. The number of aromatic nitrogens is 1. The van der Waals surface area contributed by atoms with Gasteiger partial charge in [0.1, 0.15) is 0 Å². The fourth-order valence-electron chi connectivity index (χ4n) is 1.60. The van der Waals surface area contributed by atoms with Crippen LogP contribution in [0.5, 0.6) is 0 Å². The fraction of sp³-hybridized carbons (Fsp3) is 0.692. The number of hydrogen-bond donors (Lipinski definition) is 1. The number of aryl methyl sites for hydroxylation is 1. The molecular formula is C13H25IN4S. The first-order valence-corrected chi connectivity index (χ1v) is 7.39. The molecule has 1 N–H and O–H groups in total. The molecule has 0 aliphatic carbocycles. The molecule has 0 aromatic carbocycles. The summed E-state index contributed by atoms with van der Waals surface area (Å²) < 4.78 is 0. The number of guanidine groups is 1. The lowest BCUT2D eigenvalue weighted by molar-refractivity contribution is 0.465. The number of rotatable bonds is 6. The van der Waals surface area contributed by atoms with Gasteiger partial charge in [-0.15, -0.1) is 35.3 Å². The number of halogens is 1. The first-order chi connectivity index (χ1) is 8.67. The van der Waals surface area contributed by atoms with Crippen molar-refractivity contribution in [1.82, 2.24) is 15.2 Å². The van der Waals surface area contributed by atoms with E-state index in [-0.39, 0.29) is 24.0 Å². The second-order valence-corrected chi connectivity index (χ2v) is 5.61. The summed E-state index contributed by atoms with van der Waals surface area (Å²) in [7, 11) is 2.09. The predicted molar refractivity (Wildman–Crippen MR) is 94.6 cm³/mol. The number of nitrogens with one attached hydrogen (secondary N) is 1. The van der Waals surface area contributed by atoms with Crippen LogP contribution in [-0.2, 0) is 6.54 Å². The van der Waals surface area contributed by atoms with Crippen molar-refractivity contribution < 1.29 is 0 Å². The highest BCUT2D eigenvalue weighted by Gasteiger charge is 2.05. The van der Waals surface area contributed by atoms with Crippen LogP contribution < -0.4 is 5.32 Å². The molecule has 0 aliphatic heterocycles. The molecular weight excluding hydrogens is 371 g/mol. The zero-order valence-electron chi connectivity index (χ0n) is 12.3. The lowest BCUT2D eigenvalue weighted by atomic mass is 10.3. The zero-order chi connectivity index (χ0) is 13.4. The van der Waals surface area contributed by atoms with Gasteiger partial charge in [0.15, 0.2) is 5.96 Å². The summed E-state index contributed by atoms with van der Waals surface area (Å²) in [6.07, 6.45) is 4.32. The Morgan fingerprint density at radius 1 is 1.47 bits per heavy atom. The standard InChI is InChI=1S/C13H24N4S.HI/c1-5-7-8-17(4)13(14-6-2)16-10-12-9-15-11(3)18-12;/h9H,5-8,10H2,1-4H3,(H,14,16);1H. The smallest absolute Gasteiger partial charge is 0.194 e. The number of thiazole rings is 1. The Balaban J connectivity index is 0.00000324. The van der Waals surface area contributed by atoms with Crippen molar-refractivity contribution >= 4 is 41.3 Å². The second kappa shape index (κ2) is 10.4. The van der Waals surface area contributed by atoms with Crippen molar-refractivity contribution in [2.24, 2.45) is 4.99 Å². The van der Waals surface area contributed by atoms with Gasteiger partial charge in [0.05, 0.1) is 11.6 Å². The predicted octanol–water partition coefficient (Wildman–Crippen LogP) is 3.27. The molecule has 0 bridgehead atoms. The lowest BCUT2D eigenvalue weighted by Crippen LogP contribution is -2.39. The highest BCUT2D eigenvalue weighted by molar-refractivity contribution is 14.0. The van der Waals surface area contributed by atoms with Crippen LogP contribution in [0.4, 0.5) is 0 Å². The molecule has 6 heteroatoms. The van der Waals surface area contributed by atoms with Crippen LogP contribution in [-0.4, -0.2) is 36.0 Å². The van der Waals surface area contributed by atoms with Crippen molar-refractivity contribution in [3.8, 4) is 0 Å². The molecule has 0 atom stereocenters. The largest absolute Gasteiger partial charge is 0.357 e. The molecule has 110 valence electrons. The SMILES string of the molecule is CCCCN(C)C(=NCc1cnc(C)s1)NCC.I. The molecule has 1 aromatic heterocycles. The van der Waals surface area contributed by atoms with Gasteiger partial charge in [-0.1, -0.05) is 13.3 Å². The zero-order valence-corrected chi connectivity index (χ0v) is 15.4. The van der Waals surface area contributed by atoms with E-state index in [1.54, 1.807) is 11.3 Å². The number of hydrogen-bond acceptors (Lipinski definition) is 3. The Morgan fingerprint density at radius 3 is 2.74 bits per heavy atom. The third-order valence-electron chi connectivity index (χ3n) is 2.60. The van der Waals surface area contributed by atoms with E-state index in [2.05, 4.69) is 41.1 Å². The number of nitrogens with zero attached hydrogens (tertiary/aromatic N) is 3. The van der Waals surface area contributed by atoms with Crippen molar-refractivity contribution in [3.63, 3.8) is 0 Å². The third kappa shape index (κ3) is 7.10. The highest BCUT2D eigenvalue weighted by Crippen LogP contribution is 2.12. The van der Waals surface area contributed by atoms with E-state index in [9.17, 15) is 0 Å². The summed E-state index contributed by atoms with van der Waals surface area (Å²) in [5.41, 5.74) is 0. The van der Waals surface area contributed by atoms with Gasteiger partial charge < -0.3 is 10.2 Å². The Morgan fingerprint density at radius 2 is 2.21 bits per heavy atom. The van der Waals surface area contributed by atoms with E-state index in [1.807, 2.05) is 13.1 Å². The molecule has 0 fully saturated rings. The maximum atomic E-state index is 4.65. The van der Waals surface area contributed by atoms with Crippen LogP contribution in [0.3, 0.4) is 0 Å². The van der Waals surface area contributed by atoms with Gasteiger partial charge >= 0.3 is 0 Å². The summed E-state index contributed by atoms with van der Waals surface area (Å²) in [6.45, 7) is 8.99. The van der Waals surface area contributed by atoms with E-state index in [0.29, 0.717) is 6.54 Å². The van der Waals surface area contributed by atoms with Gasteiger partial charge in [-0.05, 0) is 20.3 Å². The molecule has 0 radical (unpaired) electrons. The van der Waals surface area contributed by atoms with Gasteiger partial charge in [0.25, 0.3) is 0 Å². The van der Waals surface area contributed by atoms with E-state index in [0.717, 1.165) is 24.1 Å². The Hall–Kier alpha value is -0.370. The summed E-state index contributed by atoms with van der Waals surface area (Å²) in [6, 6.07) is 0. The van der Waals surface area contributed by atoms with Crippen LogP contribution in [0.15, 0.2) is 11.2 Å². The molecule has 0 amide bonds. The lowest BCUT2D eigenvalue weighted by Gasteiger charge is -2.21. The average molecular weight is 396 g/mol. The monoisotopic (exact) mass is 396 g/mol. The summed E-state index contributed by atoms with van der Waals surface area (Å²) in [5.74, 6) is 0.983. The van der Waals surface area contributed by atoms with Crippen LogP contribution in [0, 0.1) is 6.92 Å². The van der Waals surface area contributed by atoms with Crippen molar-refractivity contribution in [1.29, 1.82) is 0 Å². The summed E-state index contributed by atoms with van der Waals surface area (Å²) >= 11 is 1.71. The second-order valence-electron chi connectivity index (χ2n) is 4.29. The highest BCUT2D eigenvalue weighted by atomic mass is 127. The minimum Gasteiger partial charge on any atom is -0.357 e. The molecule has 4 nitrogen and oxygen atoms in total. The molecule has 1 rings (SSSR count). The first kappa shape index (κ1) is 18.6. The van der Waals surface area contributed by atoms with Crippen LogP contribution in [0.25, 0.3) is 0 Å². The van der Waals surface area contributed by atoms with Crippen molar-refractivity contribution in [2.75, 3.05) is 20.1 Å². The van der Waals surface area contributed by atoms with Gasteiger partial charge in [0.2, 0.25) is 0 Å². The van der Waals surface area contributed by atoms with E-state index < -0.39 is 0 Å². The van der Waals surface area contributed by atoms with E-state index in [4.69, 9.17) is 0 Å². The minimum atomic E-state index is 0. The molecule has 0 unspecified atom stereocenters. The van der Waals surface area contributed by atoms with Gasteiger partial charge in [-0.3, -0.25) is 0 Å². The molecule has 0 aliphatic rings. The molecule has 1 aromatic rings. The van der Waals surface area contributed by atoms with Crippen molar-refractivity contribution in [2.45, 2.75) is 40.2 Å². The van der Waals surface area contributed by atoms with E-state index >= 15 is 0 Å². The molecule has 19 heavy (non-hydrogen) atoms. The number of aliphatic imine (C=N–C) groups is 1. The molecule has 0 saturated heterocycles. The maximum absolute atomic E-state index is 4.65. The quantitative estimate of drug-likeness (QED) is 0.456. The first-order valence-electron chi connectivity index (χ1n) is 6.58. The Labute approximate surface area is 137 Å². The summed E-state index contributed by atoms with van der Waals surface area (Å²) in [5, 5.41) is 4.43. The molecule has 1 heterocycles. The fourth-order valence-corrected chi connectivity index (χ4v) is 2.32. The Kier molecular flexibility index (Phi) is 10.2. The van der Waals surface area contributed by atoms with Gasteiger partial charge in [-0.25, -0.2) is 9.98 Å². The van der Waals surface area contributed by atoms with E-state index in [1.165, 1.54) is 17.7 Å². The van der Waals surface area contributed by atoms with Crippen molar-refractivity contribution in [3.05, 3.63) is 16.1 Å². The number of unbranched alkanes of at least 4 members (excludes halogenated alkanes) is 1. The van der Waals surface area contributed by atoms with Crippen LogP contribution >= 0.6 is 35.3 Å².